The summed E-state index contributed by atoms with van der Waals surface area (Å²) in [6.45, 7) is 1.03. The summed E-state index contributed by atoms with van der Waals surface area (Å²) in [5, 5.41) is 8.99. The molecule has 1 aliphatic carbocycles. The number of anilines is 3. The molecule has 1 saturated heterocycles. The summed E-state index contributed by atoms with van der Waals surface area (Å²) in [7, 11) is -2.41. The van der Waals surface area contributed by atoms with Gasteiger partial charge in [-0.15, -0.1) is 0 Å². The van der Waals surface area contributed by atoms with Crippen LogP contribution in [-0.2, 0) is 20.8 Å². The molecule has 3 heterocycles. The molecule has 5 rings (SSSR count). The Morgan fingerprint density at radius 3 is 2.65 bits per heavy atom. The summed E-state index contributed by atoms with van der Waals surface area (Å²) in [6, 6.07) is 4.28. The van der Waals surface area contributed by atoms with Crippen molar-refractivity contribution in [2.24, 2.45) is 0 Å². The highest BCUT2D eigenvalue weighted by molar-refractivity contribution is 7.92. The van der Waals surface area contributed by atoms with Gasteiger partial charge in [0.2, 0.25) is 15.8 Å². The third kappa shape index (κ3) is 5.18. The summed E-state index contributed by atoms with van der Waals surface area (Å²) in [4.78, 5) is 11.2. The number of morpholine rings is 1. The van der Waals surface area contributed by atoms with E-state index >= 15 is 0 Å². The number of alkyl halides is 3. The fourth-order valence-corrected chi connectivity index (χ4v) is 6.09. The molecule has 1 saturated carbocycles. The van der Waals surface area contributed by atoms with E-state index in [0.29, 0.717) is 12.2 Å². The monoisotopic (exact) mass is 540 g/mol. The van der Waals surface area contributed by atoms with E-state index in [1.807, 2.05) is 0 Å². The summed E-state index contributed by atoms with van der Waals surface area (Å²) in [5.74, 6) is 0.298. The molecule has 14 heteroatoms. The Morgan fingerprint density at radius 2 is 1.97 bits per heavy atom. The SMILES string of the molecule is COc1cc(S(=O)(=O)C2CNCCO2)ccc1Nc1nc(NC2CCCC2)c2c(C(F)(F)F)c[nH]c2n1. The second-order valence-electron chi connectivity index (χ2n) is 8.98. The van der Waals surface area contributed by atoms with Crippen molar-refractivity contribution in [3.63, 3.8) is 0 Å². The number of benzene rings is 1. The molecule has 2 aliphatic rings. The fourth-order valence-electron chi connectivity index (χ4n) is 4.65. The first-order valence-electron chi connectivity index (χ1n) is 11.9. The van der Waals surface area contributed by atoms with Crippen molar-refractivity contribution in [1.82, 2.24) is 20.3 Å². The maximum absolute atomic E-state index is 13.7. The van der Waals surface area contributed by atoms with Gasteiger partial charge in [-0.25, -0.2) is 8.42 Å². The van der Waals surface area contributed by atoms with Gasteiger partial charge < -0.3 is 30.4 Å². The molecule has 3 aromatic rings. The lowest BCUT2D eigenvalue weighted by Crippen LogP contribution is -2.43. The van der Waals surface area contributed by atoms with Crippen molar-refractivity contribution >= 4 is 38.3 Å². The largest absolute Gasteiger partial charge is 0.495 e. The standard InChI is InChI=1S/C23H27F3N6O4S/c1-35-17-10-14(37(33,34)18-12-27-8-9-36-18)6-7-16(17)30-22-31-20-19(15(11-28-20)23(24,25)26)21(32-22)29-13-4-2-3-5-13/h6-7,10-11,13,18,27H,2-5,8-9,12H2,1H3,(H3,28,29,30,31,32). The van der Waals surface area contributed by atoms with Crippen LogP contribution in [0.25, 0.3) is 11.0 Å². The lowest BCUT2D eigenvalue weighted by atomic mass is 10.2. The number of hydrogen-bond acceptors (Lipinski definition) is 9. The van der Waals surface area contributed by atoms with Crippen LogP contribution in [0.1, 0.15) is 31.2 Å². The van der Waals surface area contributed by atoms with Crippen molar-refractivity contribution in [3.8, 4) is 5.75 Å². The molecule has 1 atom stereocenters. The highest BCUT2D eigenvalue weighted by atomic mass is 32.2. The second kappa shape index (κ2) is 9.99. The Labute approximate surface area is 211 Å². The molecule has 1 aliphatic heterocycles. The number of halogens is 3. The number of H-pyrrole nitrogens is 1. The van der Waals surface area contributed by atoms with E-state index < -0.39 is 27.0 Å². The number of nitrogens with zero attached hydrogens (tertiary/aromatic N) is 2. The number of fused-ring (bicyclic) bond motifs is 1. The van der Waals surface area contributed by atoms with E-state index in [1.54, 1.807) is 0 Å². The Bertz CT molecular complexity index is 1380. The molecule has 10 nitrogen and oxygen atoms in total. The van der Waals surface area contributed by atoms with Crippen LogP contribution in [0.4, 0.5) is 30.6 Å². The number of rotatable bonds is 7. The number of aromatic amines is 1. The first-order valence-corrected chi connectivity index (χ1v) is 13.5. The molecule has 0 spiro atoms. The fraction of sp³-hybridized carbons (Fsp3) is 0.478. The summed E-state index contributed by atoms with van der Waals surface area (Å²) < 4.78 is 77.8. The molecule has 4 N–H and O–H groups in total. The molecular weight excluding hydrogens is 513 g/mol. The zero-order valence-corrected chi connectivity index (χ0v) is 20.8. The van der Waals surface area contributed by atoms with E-state index in [4.69, 9.17) is 9.47 Å². The molecule has 0 radical (unpaired) electrons. The zero-order chi connectivity index (χ0) is 26.2. The molecule has 0 amide bonds. The zero-order valence-electron chi connectivity index (χ0n) is 20.0. The van der Waals surface area contributed by atoms with Crippen LogP contribution in [0.15, 0.2) is 29.3 Å². The lowest BCUT2D eigenvalue weighted by Gasteiger charge is -2.24. The van der Waals surface area contributed by atoms with Crippen molar-refractivity contribution in [1.29, 1.82) is 0 Å². The first kappa shape index (κ1) is 25.5. The summed E-state index contributed by atoms with van der Waals surface area (Å²) >= 11 is 0. The Morgan fingerprint density at radius 1 is 1.19 bits per heavy atom. The summed E-state index contributed by atoms with van der Waals surface area (Å²) in [5.41, 5.74) is -1.50. The maximum Gasteiger partial charge on any atom is 0.418 e. The number of hydrogen-bond donors (Lipinski definition) is 4. The highest BCUT2D eigenvalue weighted by Crippen LogP contribution is 2.39. The topological polar surface area (TPSA) is 130 Å². The van der Waals surface area contributed by atoms with Gasteiger partial charge in [-0.1, -0.05) is 12.8 Å². The van der Waals surface area contributed by atoms with Crippen molar-refractivity contribution < 1.29 is 31.1 Å². The molecule has 1 unspecified atom stereocenters. The van der Waals surface area contributed by atoms with Crippen molar-refractivity contribution in [2.75, 3.05) is 37.4 Å². The minimum atomic E-state index is -4.58. The van der Waals surface area contributed by atoms with Gasteiger partial charge in [-0.3, -0.25) is 0 Å². The van der Waals surface area contributed by atoms with Gasteiger partial charge in [-0.05, 0) is 25.0 Å². The van der Waals surface area contributed by atoms with Crippen molar-refractivity contribution in [2.45, 2.75) is 48.2 Å². The second-order valence-corrected chi connectivity index (χ2v) is 11.1. The maximum atomic E-state index is 13.7. The van der Waals surface area contributed by atoms with Crippen LogP contribution in [0.3, 0.4) is 0 Å². The molecule has 2 aromatic heterocycles. The Hall–Kier alpha value is -3.10. The van der Waals surface area contributed by atoms with Gasteiger partial charge >= 0.3 is 6.18 Å². The quantitative estimate of drug-likeness (QED) is 0.354. The van der Waals surface area contributed by atoms with Gasteiger partial charge in [0.15, 0.2) is 5.44 Å². The predicted octanol–water partition coefficient (Wildman–Crippen LogP) is 3.80. The van der Waals surface area contributed by atoms with Crippen LogP contribution in [0.5, 0.6) is 5.75 Å². The van der Waals surface area contributed by atoms with Gasteiger partial charge in [0.1, 0.15) is 17.2 Å². The molecule has 2 fully saturated rings. The third-order valence-electron chi connectivity index (χ3n) is 6.52. The first-order chi connectivity index (χ1) is 17.7. The van der Waals surface area contributed by atoms with Crippen LogP contribution in [-0.4, -0.2) is 61.7 Å². The average molecular weight is 541 g/mol. The Kier molecular flexibility index (Phi) is 6.89. The number of ether oxygens (including phenoxy) is 2. The molecule has 200 valence electrons. The molecule has 1 aromatic carbocycles. The van der Waals surface area contributed by atoms with Crippen LogP contribution in [0.2, 0.25) is 0 Å². The van der Waals surface area contributed by atoms with E-state index in [1.165, 1.54) is 25.3 Å². The highest BCUT2D eigenvalue weighted by Gasteiger charge is 2.36. The van der Waals surface area contributed by atoms with Gasteiger partial charge in [0, 0.05) is 31.4 Å². The number of nitrogens with one attached hydrogen (secondary N) is 4. The number of sulfone groups is 1. The van der Waals surface area contributed by atoms with Crippen LogP contribution < -0.4 is 20.7 Å². The minimum Gasteiger partial charge on any atom is -0.495 e. The van der Waals surface area contributed by atoms with Crippen LogP contribution in [0, 0.1) is 0 Å². The lowest BCUT2D eigenvalue weighted by molar-refractivity contribution is -0.136. The number of aromatic nitrogens is 3. The minimum absolute atomic E-state index is 0.0115. The average Bonchev–Trinajstić information content (AvgIpc) is 3.55. The third-order valence-corrected chi connectivity index (χ3v) is 8.43. The van der Waals surface area contributed by atoms with Gasteiger partial charge in [0.25, 0.3) is 0 Å². The van der Waals surface area contributed by atoms with Crippen LogP contribution >= 0.6 is 0 Å². The van der Waals surface area contributed by atoms with E-state index in [2.05, 4.69) is 30.9 Å². The predicted molar refractivity (Wildman–Crippen MR) is 131 cm³/mol. The molecular formula is C23H27F3N6O4S. The normalized spacial score (nSPS) is 19.3. The summed E-state index contributed by atoms with van der Waals surface area (Å²) in [6.07, 6.45) is -0.0421. The van der Waals surface area contributed by atoms with Gasteiger partial charge in [-0.2, -0.15) is 23.1 Å². The van der Waals surface area contributed by atoms with Crippen molar-refractivity contribution in [3.05, 3.63) is 30.0 Å². The van der Waals surface area contributed by atoms with E-state index in [9.17, 15) is 21.6 Å². The molecule has 37 heavy (non-hydrogen) atoms. The smallest absolute Gasteiger partial charge is 0.418 e. The Balaban J connectivity index is 1.49. The molecule has 0 bridgehead atoms. The number of methoxy groups -OCH3 is 1. The van der Waals surface area contributed by atoms with E-state index in [-0.39, 0.29) is 52.6 Å². The van der Waals surface area contributed by atoms with Gasteiger partial charge in [0.05, 0.1) is 35.2 Å². The van der Waals surface area contributed by atoms with E-state index in [0.717, 1.165) is 31.9 Å².